The van der Waals surface area contributed by atoms with E-state index in [9.17, 15) is 23.2 Å². The summed E-state index contributed by atoms with van der Waals surface area (Å²) >= 11 is 0. The number of benzene rings is 1. The van der Waals surface area contributed by atoms with Gasteiger partial charge >= 0.3 is 6.18 Å². The quantitative estimate of drug-likeness (QED) is 0.474. The van der Waals surface area contributed by atoms with Crippen molar-refractivity contribution in [1.29, 1.82) is 16.1 Å². The largest absolute Gasteiger partial charge is 0.494 e. The number of carbonyl (C=O) groups excluding carboxylic acids is 1. The number of amides is 1. The number of hydrogen-bond donors (Lipinski definition) is 2. The van der Waals surface area contributed by atoms with Gasteiger partial charge in [0.05, 0.1) is 29.9 Å². The monoisotopic (exact) mass is 515 g/mol. The van der Waals surface area contributed by atoms with Crippen LogP contribution in [0.3, 0.4) is 0 Å². The van der Waals surface area contributed by atoms with Crippen molar-refractivity contribution in [3.63, 3.8) is 0 Å². The number of carbonyl (C=O) groups is 1. The van der Waals surface area contributed by atoms with E-state index in [0.29, 0.717) is 47.8 Å². The normalized spacial score (nSPS) is 20.6. The second-order valence-electron chi connectivity index (χ2n) is 9.27. The topological polar surface area (TPSA) is 120 Å². The molecule has 0 bridgehead atoms. The zero-order valence-corrected chi connectivity index (χ0v) is 20.6. The molecule has 0 aliphatic carbocycles. The lowest BCUT2D eigenvalue weighted by Gasteiger charge is -2.42. The van der Waals surface area contributed by atoms with Crippen LogP contribution < -0.4 is 9.64 Å². The highest BCUT2D eigenvalue weighted by molar-refractivity contribution is 6.03. The van der Waals surface area contributed by atoms with Crippen LogP contribution in [-0.2, 0) is 4.79 Å². The summed E-state index contributed by atoms with van der Waals surface area (Å²) < 4.78 is 44.3. The maximum atomic E-state index is 13.3. The van der Waals surface area contributed by atoms with Crippen LogP contribution in [0.25, 0.3) is 10.9 Å². The molecule has 12 heteroatoms. The Morgan fingerprint density at radius 2 is 2.05 bits per heavy atom. The summed E-state index contributed by atoms with van der Waals surface area (Å²) in [6.07, 6.45) is -2.81. The van der Waals surface area contributed by atoms with Crippen LogP contribution in [0.2, 0.25) is 0 Å². The van der Waals surface area contributed by atoms with Gasteiger partial charge in [0.1, 0.15) is 17.7 Å². The van der Waals surface area contributed by atoms with Crippen LogP contribution in [0, 0.1) is 34.0 Å². The SMILES string of the molecule is CCOc1ccc2c(N3CCC(C(=O)N4CCN(C(=N)C(F)(F)F)C(=N)C4)C(C)C3)c(C#N)cnc2c1. The molecule has 2 fully saturated rings. The predicted octanol–water partition coefficient (Wildman–Crippen LogP) is 3.63. The lowest BCUT2D eigenvalue weighted by molar-refractivity contribution is -0.137. The van der Waals surface area contributed by atoms with Gasteiger partial charge in [-0.15, -0.1) is 0 Å². The number of piperazine rings is 1. The van der Waals surface area contributed by atoms with E-state index < -0.39 is 17.8 Å². The average Bonchev–Trinajstić information content (AvgIpc) is 2.86. The van der Waals surface area contributed by atoms with E-state index in [2.05, 4.69) is 16.0 Å². The Kier molecular flexibility index (Phi) is 7.25. The number of hydrogen-bond acceptors (Lipinski definition) is 7. The third-order valence-electron chi connectivity index (χ3n) is 6.89. The summed E-state index contributed by atoms with van der Waals surface area (Å²) in [5, 5.41) is 25.9. The van der Waals surface area contributed by atoms with E-state index in [-0.39, 0.29) is 37.4 Å². The Labute approximate surface area is 212 Å². The number of piperidine rings is 1. The number of pyridine rings is 1. The maximum absolute atomic E-state index is 13.3. The van der Waals surface area contributed by atoms with Gasteiger partial charge in [-0.3, -0.25) is 20.6 Å². The first-order valence-electron chi connectivity index (χ1n) is 12.0. The highest BCUT2D eigenvalue weighted by Gasteiger charge is 2.43. The molecule has 2 aliphatic heterocycles. The molecule has 0 saturated carbocycles. The first-order chi connectivity index (χ1) is 17.5. The number of nitrogens with one attached hydrogen (secondary N) is 2. The molecule has 0 spiro atoms. The Morgan fingerprint density at radius 3 is 2.68 bits per heavy atom. The summed E-state index contributed by atoms with van der Waals surface area (Å²) in [7, 11) is 0. The lowest BCUT2D eigenvalue weighted by Crippen LogP contribution is -2.58. The Balaban J connectivity index is 1.48. The highest BCUT2D eigenvalue weighted by Crippen LogP contribution is 2.36. The highest BCUT2D eigenvalue weighted by atomic mass is 19.4. The minimum absolute atomic E-state index is 0.0162. The first-order valence-corrected chi connectivity index (χ1v) is 12.0. The molecule has 2 saturated heterocycles. The van der Waals surface area contributed by atoms with Gasteiger partial charge in [-0.2, -0.15) is 18.4 Å². The molecule has 0 radical (unpaired) electrons. The van der Waals surface area contributed by atoms with Crippen molar-refractivity contribution in [3.05, 3.63) is 30.0 Å². The Hall–Kier alpha value is -3.88. The zero-order chi connectivity index (χ0) is 26.9. The van der Waals surface area contributed by atoms with E-state index in [1.807, 2.05) is 32.0 Å². The maximum Gasteiger partial charge on any atom is 0.449 e. The second kappa shape index (κ2) is 10.2. The van der Waals surface area contributed by atoms with Crippen LogP contribution in [0.4, 0.5) is 18.9 Å². The number of nitrogens with zero attached hydrogens (tertiary/aromatic N) is 5. The number of aromatic nitrogens is 1. The van der Waals surface area contributed by atoms with Gasteiger partial charge in [-0.25, -0.2) is 0 Å². The van der Waals surface area contributed by atoms with Gasteiger partial charge in [0.25, 0.3) is 0 Å². The van der Waals surface area contributed by atoms with E-state index in [0.717, 1.165) is 11.1 Å². The molecule has 1 amide bonds. The van der Waals surface area contributed by atoms with E-state index >= 15 is 0 Å². The third kappa shape index (κ3) is 5.16. The number of amidine groups is 2. The minimum Gasteiger partial charge on any atom is -0.494 e. The molecule has 2 aromatic rings. The van der Waals surface area contributed by atoms with Crippen molar-refractivity contribution < 1.29 is 22.7 Å². The summed E-state index contributed by atoms with van der Waals surface area (Å²) in [4.78, 5) is 21.8. The molecule has 2 atom stereocenters. The molecule has 3 heterocycles. The molecule has 2 N–H and O–H groups in total. The van der Waals surface area contributed by atoms with E-state index in [1.54, 1.807) is 6.20 Å². The van der Waals surface area contributed by atoms with Gasteiger partial charge in [-0.1, -0.05) is 6.92 Å². The number of rotatable bonds is 4. The number of fused-ring (bicyclic) bond motifs is 1. The summed E-state index contributed by atoms with van der Waals surface area (Å²) in [6, 6.07) is 7.77. The van der Waals surface area contributed by atoms with Crippen LogP contribution in [0.15, 0.2) is 24.4 Å². The van der Waals surface area contributed by atoms with Crippen LogP contribution in [-0.4, -0.2) is 77.9 Å². The first kappa shape index (κ1) is 26.2. The molecule has 1 aromatic carbocycles. The second-order valence-corrected chi connectivity index (χ2v) is 9.27. The van der Waals surface area contributed by atoms with Crippen molar-refractivity contribution >= 4 is 34.2 Å². The van der Waals surface area contributed by atoms with Crippen LogP contribution >= 0.6 is 0 Å². The van der Waals surface area contributed by atoms with Crippen molar-refractivity contribution in [2.24, 2.45) is 11.8 Å². The molecular formula is C25H28F3N7O2. The van der Waals surface area contributed by atoms with Gasteiger partial charge < -0.3 is 19.4 Å². The van der Waals surface area contributed by atoms with E-state index in [4.69, 9.17) is 15.6 Å². The van der Waals surface area contributed by atoms with Crippen LogP contribution in [0.1, 0.15) is 25.8 Å². The van der Waals surface area contributed by atoms with Gasteiger partial charge in [0.15, 0.2) is 0 Å². The third-order valence-corrected chi connectivity index (χ3v) is 6.89. The smallest absolute Gasteiger partial charge is 0.449 e. The molecule has 2 aliphatic rings. The number of anilines is 1. The zero-order valence-electron chi connectivity index (χ0n) is 20.6. The fourth-order valence-corrected chi connectivity index (χ4v) is 5.08. The molecule has 4 rings (SSSR count). The molecule has 9 nitrogen and oxygen atoms in total. The molecule has 1 aromatic heterocycles. The van der Waals surface area contributed by atoms with Crippen molar-refractivity contribution in [2.45, 2.75) is 26.4 Å². The predicted molar refractivity (Wildman–Crippen MR) is 132 cm³/mol. The van der Waals surface area contributed by atoms with Crippen molar-refractivity contribution in [1.82, 2.24) is 14.8 Å². The number of ether oxygens (including phenoxy) is 1. The van der Waals surface area contributed by atoms with Gasteiger partial charge in [0.2, 0.25) is 11.7 Å². The molecular weight excluding hydrogens is 487 g/mol. The summed E-state index contributed by atoms with van der Waals surface area (Å²) in [6.45, 7) is 4.89. The summed E-state index contributed by atoms with van der Waals surface area (Å²) in [5.74, 6) is -1.97. The molecule has 37 heavy (non-hydrogen) atoms. The standard InChI is InChI=1S/C25H28F3N7O2/c1-3-37-17-4-5-19-20(10-17)32-12-16(11-29)22(19)33-7-6-18(15(2)13-33)23(36)34-8-9-35(21(30)14-34)24(31)25(26,27)28/h4-5,10,12,15,18,30-31H,3,6-9,13-14H2,1-2H3. The van der Waals surface area contributed by atoms with Crippen molar-refractivity contribution in [2.75, 3.05) is 44.2 Å². The summed E-state index contributed by atoms with van der Waals surface area (Å²) in [5.41, 5.74) is 1.89. The van der Waals surface area contributed by atoms with E-state index in [1.165, 1.54) is 4.90 Å². The van der Waals surface area contributed by atoms with Crippen molar-refractivity contribution in [3.8, 4) is 11.8 Å². The Bertz CT molecular complexity index is 1270. The molecule has 196 valence electrons. The molecule has 2 unspecified atom stereocenters. The Morgan fingerprint density at radius 1 is 1.30 bits per heavy atom. The van der Waals surface area contributed by atoms with Gasteiger partial charge in [0, 0.05) is 49.7 Å². The number of halogens is 3. The lowest BCUT2D eigenvalue weighted by atomic mass is 9.85. The number of nitriles is 1. The fourth-order valence-electron chi connectivity index (χ4n) is 5.08. The van der Waals surface area contributed by atoms with Crippen LogP contribution in [0.5, 0.6) is 5.75 Å². The minimum atomic E-state index is -4.84. The number of alkyl halides is 3. The fraction of sp³-hybridized carbons (Fsp3) is 0.480. The van der Waals surface area contributed by atoms with Gasteiger partial charge in [-0.05, 0) is 31.4 Å². The average molecular weight is 516 g/mol.